The Bertz CT molecular complexity index is 996. The Morgan fingerprint density at radius 3 is 2.67 bits per heavy atom. The topological polar surface area (TPSA) is 73.2 Å². The van der Waals surface area contributed by atoms with Gasteiger partial charge in [0.05, 0.1) is 11.7 Å². The molecule has 0 bridgehead atoms. The van der Waals surface area contributed by atoms with Crippen LogP contribution in [-0.2, 0) is 11.3 Å². The number of alkyl halides is 3. The Morgan fingerprint density at radius 1 is 1.22 bits per heavy atom. The van der Waals surface area contributed by atoms with E-state index in [0.717, 1.165) is 0 Å². The molecule has 0 saturated carbocycles. The predicted octanol–water partition coefficient (Wildman–Crippen LogP) is 3.43. The van der Waals surface area contributed by atoms with Gasteiger partial charge in [0.25, 0.3) is 5.56 Å². The highest BCUT2D eigenvalue weighted by Gasteiger charge is 2.28. The van der Waals surface area contributed by atoms with Crippen LogP contribution in [0.3, 0.4) is 0 Å². The van der Waals surface area contributed by atoms with E-state index in [4.69, 9.17) is 0 Å². The molecule has 1 aromatic carbocycles. The van der Waals surface area contributed by atoms with Crippen LogP contribution in [0.2, 0.25) is 0 Å². The number of rotatable bonds is 6. The number of fused-ring (bicyclic) bond motifs is 1. The molecule has 6 nitrogen and oxygen atoms in total. The largest absolute Gasteiger partial charge is 0.484 e. The van der Waals surface area contributed by atoms with Crippen LogP contribution in [0.1, 0.15) is 6.42 Å². The first-order valence-electron chi connectivity index (χ1n) is 7.84. The summed E-state index contributed by atoms with van der Waals surface area (Å²) in [5.74, 6) is -0.289. The molecule has 0 fully saturated rings. The molecule has 0 unspecified atom stereocenters. The van der Waals surface area contributed by atoms with E-state index in [9.17, 15) is 22.8 Å². The van der Waals surface area contributed by atoms with Gasteiger partial charge in [-0.05, 0) is 35.7 Å². The van der Waals surface area contributed by atoms with E-state index in [1.165, 1.54) is 46.5 Å². The van der Waals surface area contributed by atoms with Gasteiger partial charge in [-0.3, -0.25) is 14.2 Å². The molecule has 0 aliphatic carbocycles. The van der Waals surface area contributed by atoms with Gasteiger partial charge in [0, 0.05) is 18.7 Å². The van der Waals surface area contributed by atoms with Gasteiger partial charge in [-0.1, -0.05) is 0 Å². The molecule has 27 heavy (non-hydrogen) atoms. The first-order chi connectivity index (χ1) is 12.8. The van der Waals surface area contributed by atoms with Gasteiger partial charge in [0.2, 0.25) is 5.91 Å². The molecule has 0 atom stereocenters. The van der Waals surface area contributed by atoms with E-state index in [1.54, 1.807) is 11.4 Å². The summed E-state index contributed by atoms with van der Waals surface area (Å²) >= 11 is 1.37. The number of benzene rings is 1. The van der Waals surface area contributed by atoms with Crippen LogP contribution in [0.5, 0.6) is 5.75 Å². The zero-order chi connectivity index (χ0) is 19.4. The lowest BCUT2D eigenvalue weighted by atomic mass is 10.3. The zero-order valence-corrected chi connectivity index (χ0v) is 14.6. The first-order valence-corrected chi connectivity index (χ1v) is 8.72. The number of nitrogens with one attached hydrogen (secondary N) is 1. The number of thiophene rings is 1. The van der Waals surface area contributed by atoms with Crippen molar-refractivity contribution in [1.82, 2.24) is 9.55 Å². The number of amides is 1. The monoisotopic (exact) mass is 397 g/mol. The number of carbonyl (C=O) groups excluding carboxylic acids is 1. The molecule has 0 aliphatic rings. The summed E-state index contributed by atoms with van der Waals surface area (Å²) < 4.78 is 42.3. The van der Waals surface area contributed by atoms with E-state index in [0.29, 0.717) is 15.9 Å². The van der Waals surface area contributed by atoms with E-state index < -0.39 is 12.8 Å². The second-order valence-electron chi connectivity index (χ2n) is 5.61. The van der Waals surface area contributed by atoms with Crippen molar-refractivity contribution in [3.8, 4) is 5.75 Å². The Morgan fingerprint density at radius 2 is 1.96 bits per heavy atom. The number of aromatic nitrogens is 2. The molecular formula is C17H14F3N3O3S. The van der Waals surface area contributed by atoms with Crippen LogP contribution in [0.25, 0.3) is 10.2 Å². The van der Waals surface area contributed by atoms with Gasteiger partial charge in [-0.2, -0.15) is 13.2 Å². The van der Waals surface area contributed by atoms with Crippen molar-refractivity contribution in [3.05, 3.63) is 52.4 Å². The number of aryl methyl sites for hydroxylation is 1. The Balaban J connectivity index is 1.54. The van der Waals surface area contributed by atoms with Crippen molar-refractivity contribution in [2.24, 2.45) is 0 Å². The number of hydrogen-bond acceptors (Lipinski definition) is 5. The lowest BCUT2D eigenvalue weighted by Gasteiger charge is -2.10. The van der Waals surface area contributed by atoms with Crippen LogP contribution in [0.15, 0.2) is 46.8 Å². The van der Waals surface area contributed by atoms with Crippen LogP contribution in [-0.4, -0.2) is 28.2 Å². The normalized spacial score (nSPS) is 11.5. The van der Waals surface area contributed by atoms with E-state index in [1.807, 2.05) is 0 Å². The van der Waals surface area contributed by atoms with Gasteiger partial charge >= 0.3 is 6.18 Å². The summed E-state index contributed by atoms with van der Waals surface area (Å²) in [6.07, 6.45) is -2.96. The maximum absolute atomic E-state index is 12.2. The van der Waals surface area contributed by atoms with Gasteiger partial charge in [-0.25, -0.2) is 4.98 Å². The number of halogens is 3. The maximum Gasteiger partial charge on any atom is 0.422 e. The molecule has 10 heteroatoms. The molecule has 2 aromatic heterocycles. The van der Waals surface area contributed by atoms with Crippen molar-refractivity contribution in [2.75, 3.05) is 11.9 Å². The molecule has 3 aromatic rings. The molecule has 0 aliphatic heterocycles. The minimum Gasteiger partial charge on any atom is -0.484 e. The fourth-order valence-electron chi connectivity index (χ4n) is 2.30. The van der Waals surface area contributed by atoms with Crippen LogP contribution >= 0.6 is 11.3 Å². The highest BCUT2D eigenvalue weighted by molar-refractivity contribution is 7.16. The molecule has 0 spiro atoms. The summed E-state index contributed by atoms with van der Waals surface area (Å²) in [6.45, 7) is -1.22. The number of anilines is 1. The maximum atomic E-state index is 12.2. The summed E-state index contributed by atoms with van der Waals surface area (Å²) in [6, 6.07) is 7.23. The predicted molar refractivity (Wildman–Crippen MR) is 95.1 cm³/mol. The first kappa shape index (κ1) is 18.9. The van der Waals surface area contributed by atoms with E-state index >= 15 is 0 Å². The summed E-state index contributed by atoms with van der Waals surface area (Å²) in [5, 5.41) is 4.90. The minimum absolute atomic E-state index is 0.0452. The second kappa shape index (κ2) is 7.78. The average molecular weight is 397 g/mol. The Kier molecular flexibility index (Phi) is 5.45. The Hall–Kier alpha value is -2.88. The quantitative estimate of drug-likeness (QED) is 0.692. The standard InChI is InChI=1S/C17H14F3N3O3S/c18-17(19,20)9-26-12-3-1-11(2-4-12)22-14(24)5-7-23-10-21-15-13(16(23)25)6-8-27-15/h1-4,6,8,10H,5,7,9H2,(H,22,24). The SMILES string of the molecule is O=C(CCn1cnc2sccc2c1=O)Nc1ccc(OCC(F)(F)F)cc1. The van der Waals surface area contributed by atoms with Crippen molar-refractivity contribution < 1.29 is 22.7 Å². The van der Waals surface area contributed by atoms with Crippen LogP contribution in [0.4, 0.5) is 18.9 Å². The fourth-order valence-corrected chi connectivity index (χ4v) is 3.02. The van der Waals surface area contributed by atoms with Gasteiger partial charge in [0.15, 0.2) is 6.61 Å². The van der Waals surface area contributed by atoms with Crippen molar-refractivity contribution in [1.29, 1.82) is 0 Å². The fraction of sp³-hybridized carbons (Fsp3) is 0.235. The summed E-state index contributed by atoms with van der Waals surface area (Å²) in [5.41, 5.74) is 0.207. The van der Waals surface area contributed by atoms with Crippen molar-refractivity contribution in [3.63, 3.8) is 0 Å². The molecule has 3 rings (SSSR count). The van der Waals surface area contributed by atoms with E-state index in [2.05, 4.69) is 15.0 Å². The molecule has 1 amide bonds. The number of nitrogens with zero attached hydrogens (tertiary/aromatic N) is 2. The molecule has 142 valence electrons. The molecule has 0 radical (unpaired) electrons. The smallest absolute Gasteiger partial charge is 0.422 e. The number of hydrogen-bond donors (Lipinski definition) is 1. The minimum atomic E-state index is -4.41. The lowest BCUT2D eigenvalue weighted by Crippen LogP contribution is -2.23. The zero-order valence-electron chi connectivity index (χ0n) is 13.8. The lowest BCUT2D eigenvalue weighted by molar-refractivity contribution is -0.153. The van der Waals surface area contributed by atoms with Crippen LogP contribution in [0, 0.1) is 0 Å². The third kappa shape index (κ3) is 5.07. The molecular weight excluding hydrogens is 383 g/mol. The summed E-state index contributed by atoms with van der Waals surface area (Å²) in [4.78, 5) is 29.1. The van der Waals surface area contributed by atoms with Crippen molar-refractivity contribution in [2.45, 2.75) is 19.1 Å². The average Bonchev–Trinajstić information content (AvgIpc) is 3.09. The summed E-state index contributed by atoms with van der Waals surface area (Å²) in [7, 11) is 0. The second-order valence-corrected chi connectivity index (χ2v) is 6.50. The van der Waals surface area contributed by atoms with Crippen molar-refractivity contribution >= 4 is 33.1 Å². The number of carbonyl (C=O) groups is 1. The molecule has 0 saturated heterocycles. The highest BCUT2D eigenvalue weighted by Crippen LogP contribution is 2.20. The molecule has 1 N–H and O–H groups in total. The highest BCUT2D eigenvalue weighted by atomic mass is 32.1. The van der Waals surface area contributed by atoms with Gasteiger partial charge in [0.1, 0.15) is 10.6 Å². The molecule has 2 heterocycles. The van der Waals surface area contributed by atoms with E-state index in [-0.39, 0.29) is 30.2 Å². The third-order valence-electron chi connectivity index (χ3n) is 3.57. The van der Waals surface area contributed by atoms with Gasteiger partial charge < -0.3 is 10.1 Å². The number of ether oxygens (including phenoxy) is 1. The van der Waals surface area contributed by atoms with Gasteiger partial charge in [-0.15, -0.1) is 11.3 Å². The van der Waals surface area contributed by atoms with Crippen LogP contribution < -0.4 is 15.6 Å². The third-order valence-corrected chi connectivity index (χ3v) is 4.39. The Labute approximate surface area is 155 Å².